The van der Waals surface area contributed by atoms with Crippen molar-refractivity contribution < 1.29 is 34.8 Å². The SMILES string of the molecule is CC(=O)OC(=O)c1ccccc1O.OCCN(CCO)CCO. The third-order valence-electron chi connectivity index (χ3n) is 2.61. The number of aliphatic hydroxyl groups excluding tert-OH is 3. The highest BCUT2D eigenvalue weighted by Crippen LogP contribution is 2.16. The summed E-state index contributed by atoms with van der Waals surface area (Å²) in [5.41, 5.74) is -0.0160. The maximum absolute atomic E-state index is 11.1. The minimum absolute atomic E-state index is 0.0160. The lowest BCUT2D eigenvalue weighted by molar-refractivity contribution is -0.135. The largest absolute Gasteiger partial charge is 0.507 e. The van der Waals surface area contributed by atoms with E-state index in [1.54, 1.807) is 17.0 Å². The second-order valence-corrected chi connectivity index (χ2v) is 4.41. The normalized spacial score (nSPS) is 9.96. The Morgan fingerprint density at radius 1 is 1.00 bits per heavy atom. The van der Waals surface area contributed by atoms with Crippen LogP contribution >= 0.6 is 0 Å². The van der Waals surface area contributed by atoms with Crippen molar-refractivity contribution in [3.63, 3.8) is 0 Å². The van der Waals surface area contributed by atoms with E-state index >= 15 is 0 Å². The number of ether oxygens (including phenoxy) is 1. The lowest BCUT2D eigenvalue weighted by atomic mass is 10.2. The molecule has 0 amide bonds. The number of carbonyl (C=O) groups excluding carboxylic acids is 2. The Kier molecular flexibility index (Phi) is 11.4. The highest BCUT2D eigenvalue weighted by molar-refractivity contribution is 5.98. The number of rotatable bonds is 7. The molecule has 0 bridgehead atoms. The lowest BCUT2D eigenvalue weighted by Crippen LogP contribution is -2.32. The van der Waals surface area contributed by atoms with Crippen molar-refractivity contribution in [3.05, 3.63) is 29.8 Å². The van der Waals surface area contributed by atoms with Gasteiger partial charge in [-0.25, -0.2) is 4.79 Å². The third-order valence-corrected chi connectivity index (χ3v) is 2.61. The number of phenolic OH excluding ortho intramolecular Hbond substituents is 1. The number of benzene rings is 1. The molecule has 0 fully saturated rings. The minimum Gasteiger partial charge on any atom is -0.507 e. The molecule has 0 radical (unpaired) electrons. The number of aromatic hydroxyl groups is 1. The zero-order chi connectivity index (χ0) is 17.7. The highest BCUT2D eigenvalue weighted by Gasteiger charge is 2.13. The number of nitrogens with zero attached hydrogens (tertiary/aromatic N) is 1. The Bertz CT molecular complexity index is 464. The minimum atomic E-state index is -0.842. The fraction of sp³-hybridized carbons (Fsp3) is 0.467. The Hall–Kier alpha value is -2.00. The van der Waals surface area contributed by atoms with E-state index in [9.17, 15) is 14.7 Å². The van der Waals surface area contributed by atoms with Gasteiger partial charge in [0, 0.05) is 26.6 Å². The van der Waals surface area contributed by atoms with Crippen molar-refractivity contribution in [3.8, 4) is 5.75 Å². The van der Waals surface area contributed by atoms with Crippen LogP contribution in [0, 0.1) is 0 Å². The van der Waals surface area contributed by atoms with Gasteiger partial charge in [-0.1, -0.05) is 12.1 Å². The molecule has 4 N–H and O–H groups in total. The van der Waals surface area contributed by atoms with Crippen molar-refractivity contribution in [2.45, 2.75) is 6.92 Å². The fourth-order valence-electron chi connectivity index (χ4n) is 1.59. The molecule has 0 heterocycles. The summed E-state index contributed by atoms with van der Waals surface area (Å²) in [5, 5.41) is 34.6. The second-order valence-electron chi connectivity index (χ2n) is 4.41. The van der Waals surface area contributed by atoms with Crippen molar-refractivity contribution in [1.82, 2.24) is 4.90 Å². The molecule has 0 aliphatic rings. The van der Waals surface area contributed by atoms with E-state index in [1.165, 1.54) is 12.1 Å². The van der Waals surface area contributed by atoms with Gasteiger partial charge in [0.2, 0.25) is 0 Å². The summed E-state index contributed by atoms with van der Waals surface area (Å²) in [5.74, 6) is -1.74. The summed E-state index contributed by atoms with van der Waals surface area (Å²) in [6.07, 6.45) is 0. The van der Waals surface area contributed by atoms with Crippen LogP contribution in [0.1, 0.15) is 17.3 Å². The predicted molar refractivity (Wildman–Crippen MR) is 81.9 cm³/mol. The number of carbonyl (C=O) groups is 2. The lowest BCUT2D eigenvalue weighted by Gasteiger charge is -2.17. The number of hydrogen-bond acceptors (Lipinski definition) is 8. The van der Waals surface area contributed by atoms with Crippen LogP contribution in [0.15, 0.2) is 24.3 Å². The van der Waals surface area contributed by atoms with Gasteiger partial charge < -0.3 is 25.2 Å². The smallest absolute Gasteiger partial charge is 0.349 e. The van der Waals surface area contributed by atoms with E-state index in [0.717, 1.165) is 6.92 Å². The average Bonchev–Trinajstić information content (AvgIpc) is 2.48. The van der Waals surface area contributed by atoms with E-state index in [4.69, 9.17) is 15.3 Å². The van der Waals surface area contributed by atoms with Crippen LogP contribution in [0.25, 0.3) is 0 Å². The molecular formula is C15H23NO7. The Labute approximate surface area is 134 Å². The number of phenols is 1. The van der Waals surface area contributed by atoms with Crippen LogP contribution in [0.4, 0.5) is 0 Å². The Morgan fingerprint density at radius 2 is 1.48 bits per heavy atom. The maximum atomic E-state index is 11.1. The summed E-state index contributed by atoms with van der Waals surface area (Å²) >= 11 is 0. The molecule has 1 aromatic carbocycles. The van der Waals surface area contributed by atoms with Crippen molar-refractivity contribution in [2.75, 3.05) is 39.5 Å². The summed E-state index contributed by atoms with van der Waals surface area (Å²) < 4.78 is 4.28. The first-order valence-corrected chi connectivity index (χ1v) is 7.01. The molecule has 8 heteroatoms. The van der Waals surface area contributed by atoms with Gasteiger partial charge in [-0.15, -0.1) is 0 Å². The first kappa shape index (κ1) is 21.0. The van der Waals surface area contributed by atoms with Crippen LogP contribution in [-0.4, -0.2) is 76.7 Å². The van der Waals surface area contributed by atoms with Crippen LogP contribution < -0.4 is 0 Å². The molecule has 23 heavy (non-hydrogen) atoms. The van der Waals surface area contributed by atoms with Crippen molar-refractivity contribution in [1.29, 1.82) is 0 Å². The molecule has 0 atom stereocenters. The van der Waals surface area contributed by atoms with Gasteiger partial charge in [-0.05, 0) is 12.1 Å². The van der Waals surface area contributed by atoms with E-state index in [1.807, 2.05) is 0 Å². The zero-order valence-corrected chi connectivity index (χ0v) is 13.0. The van der Waals surface area contributed by atoms with Crippen LogP contribution in [0.2, 0.25) is 0 Å². The van der Waals surface area contributed by atoms with Crippen LogP contribution in [0.5, 0.6) is 5.75 Å². The molecule has 1 rings (SSSR count). The maximum Gasteiger partial charge on any atom is 0.349 e. The van der Waals surface area contributed by atoms with Crippen LogP contribution in [-0.2, 0) is 9.53 Å². The van der Waals surface area contributed by atoms with Gasteiger partial charge in [0.25, 0.3) is 0 Å². The fourth-order valence-corrected chi connectivity index (χ4v) is 1.59. The van der Waals surface area contributed by atoms with Gasteiger partial charge in [0.05, 0.1) is 19.8 Å². The molecule has 130 valence electrons. The molecule has 0 spiro atoms. The van der Waals surface area contributed by atoms with E-state index in [0.29, 0.717) is 19.6 Å². The molecule has 8 nitrogen and oxygen atoms in total. The van der Waals surface area contributed by atoms with Crippen LogP contribution in [0.3, 0.4) is 0 Å². The zero-order valence-electron chi connectivity index (χ0n) is 13.0. The molecule has 0 saturated heterocycles. The highest BCUT2D eigenvalue weighted by atomic mass is 16.6. The number of esters is 2. The molecule has 0 saturated carbocycles. The molecule has 1 aromatic rings. The molecule has 0 aliphatic heterocycles. The summed E-state index contributed by atoms with van der Waals surface area (Å²) in [6, 6.07) is 5.85. The van der Waals surface area contributed by atoms with Crippen molar-refractivity contribution in [2.24, 2.45) is 0 Å². The van der Waals surface area contributed by atoms with Gasteiger partial charge in [0.1, 0.15) is 11.3 Å². The van der Waals surface area contributed by atoms with Gasteiger partial charge in [-0.3, -0.25) is 9.69 Å². The average molecular weight is 329 g/mol. The molecule has 0 unspecified atom stereocenters. The number of hydrogen-bond donors (Lipinski definition) is 4. The van der Waals surface area contributed by atoms with Crippen molar-refractivity contribution >= 4 is 11.9 Å². The predicted octanol–water partition coefficient (Wildman–Crippen LogP) is -0.639. The van der Waals surface area contributed by atoms with E-state index in [2.05, 4.69) is 4.74 Å². The summed E-state index contributed by atoms with van der Waals surface area (Å²) in [6.45, 7) is 2.88. The molecule has 0 aromatic heterocycles. The van der Waals surface area contributed by atoms with Gasteiger partial charge in [-0.2, -0.15) is 0 Å². The van der Waals surface area contributed by atoms with E-state index < -0.39 is 11.9 Å². The molecular weight excluding hydrogens is 306 g/mol. The van der Waals surface area contributed by atoms with E-state index in [-0.39, 0.29) is 31.1 Å². The standard InChI is InChI=1S/C9H8O4.C6H15NO3/c1-6(10)13-9(12)7-4-2-3-5-8(7)11;8-4-1-7(2-5-9)3-6-10/h2-5,11H,1H3;8-10H,1-6H2. The Balaban J connectivity index is 0.000000438. The first-order valence-electron chi connectivity index (χ1n) is 7.01. The second kappa shape index (κ2) is 12.5. The number of para-hydroxylation sites is 1. The monoisotopic (exact) mass is 329 g/mol. The summed E-state index contributed by atoms with van der Waals surface area (Å²) in [4.78, 5) is 23.3. The summed E-state index contributed by atoms with van der Waals surface area (Å²) in [7, 11) is 0. The molecule has 0 aliphatic carbocycles. The quantitative estimate of drug-likeness (QED) is 0.384. The number of aliphatic hydroxyl groups is 3. The topological polar surface area (TPSA) is 128 Å². The first-order chi connectivity index (χ1) is 11.0. The Morgan fingerprint density at radius 3 is 1.87 bits per heavy atom. The van der Waals surface area contributed by atoms with Gasteiger partial charge >= 0.3 is 11.9 Å². The third kappa shape index (κ3) is 9.59. The van der Waals surface area contributed by atoms with Gasteiger partial charge in [0.15, 0.2) is 0 Å².